The van der Waals surface area contributed by atoms with Gasteiger partial charge in [-0.05, 0) is 89.9 Å². The summed E-state index contributed by atoms with van der Waals surface area (Å²) >= 11 is 0. The summed E-state index contributed by atoms with van der Waals surface area (Å²) in [4.78, 5) is 25.2. The van der Waals surface area contributed by atoms with Crippen LogP contribution in [-0.2, 0) is 28.5 Å². The molecule has 0 aliphatic carbocycles. The van der Waals surface area contributed by atoms with Gasteiger partial charge in [0.15, 0.2) is 12.4 Å². The highest BCUT2D eigenvalue weighted by molar-refractivity contribution is 5.70. The second-order valence-corrected chi connectivity index (χ2v) is 14.1. The largest absolute Gasteiger partial charge is 0.462 e. The molecule has 10 heteroatoms. The van der Waals surface area contributed by atoms with Gasteiger partial charge in [0.2, 0.25) is 0 Å². The van der Waals surface area contributed by atoms with Crippen molar-refractivity contribution in [1.29, 1.82) is 0 Å². The first-order valence-corrected chi connectivity index (χ1v) is 21.0. The third-order valence-electron chi connectivity index (χ3n) is 9.06. The molecule has 10 nitrogen and oxygen atoms in total. The number of ether oxygens (including phenoxy) is 4. The van der Waals surface area contributed by atoms with Crippen molar-refractivity contribution in [3.8, 4) is 0 Å². The number of hydrogen-bond acceptors (Lipinski definition) is 10. The van der Waals surface area contributed by atoms with Crippen LogP contribution in [0, 0.1) is 0 Å². The minimum atomic E-state index is -1.61. The van der Waals surface area contributed by atoms with Crippen LogP contribution < -0.4 is 0 Å². The minimum Gasteiger partial charge on any atom is -0.462 e. The lowest BCUT2D eigenvalue weighted by molar-refractivity contribution is -0.305. The van der Waals surface area contributed by atoms with E-state index in [2.05, 4.69) is 86.8 Å². The van der Waals surface area contributed by atoms with E-state index >= 15 is 0 Å². The Morgan fingerprint density at radius 3 is 1.45 bits per heavy atom. The number of unbranched alkanes of at least 4 members (excludes halogenated alkanes) is 10. The lowest BCUT2D eigenvalue weighted by Gasteiger charge is -2.39. The monoisotopic (exact) mass is 775 g/mol. The van der Waals surface area contributed by atoms with Gasteiger partial charge in [-0.25, -0.2) is 0 Å². The first-order valence-electron chi connectivity index (χ1n) is 21.0. The molecule has 2 unspecified atom stereocenters. The van der Waals surface area contributed by atoms with Crippen LogP contribution in [0.3, 0.4) is 0 Å². The average molecular weight is 775 g/mol. The molecule has 55 heavy (non-hydrogen) atoms. The van der Waals surface area contributed by atoms with Gasteiger partial charge in [0, 0.05) is 12.8 Å². The highest BCUT2D eigenvalue weighted by atomic mass is 16.7. The molecule has 0 saturated carbocycles. The molecule has 1 fully saturated rings. The van der Waals surface area contributed by atoms with Crippen molar-refractivity contribution in [3.63, 3.8) is 0 Å². The SMILES string of the molecule is CCCCC/C=C/C/C=C/C/C=C/CCCCC(=O)OC[C@@H](CO[C@H]1O[C@@H](CO)[C@@H](O)C(O)C1O)OC(=O)CCCC/C=C/C/C=C/C/C=C/CCCCC. The molecule has 0 radical (unpaired) electrons. The second-order valence-electron chi connectivity index (χ2n) is 14.1. The van der Waals surface area contributed by atoms with Gasteiger partial charge in [-0.2, -0.15) is 0 Å². The molecule has 0 aromatic rings. The van der Waals surface area contributed by atoms with Crippen molar-refractivity contribution in [1.82, 2.24) is 0 Å². The van der Waals surface area contributed by atoms with E-state index < -0.39 is 55.4 Å². The van der Waals surface area contributed by atoms with Gasteiger partial charge in [0.05, 0.1) is 13.2 Å². The zero-order valence-corrected chi connectivity index (χ0v) is 33.9. The molecule has 314 valence electrons. The van der Waals surface area contributed by atoms with Gasteiger partial charge >= 0.3 is 11.9 Å². The maximum absolute atomic E-state index is 12.7. The number of aliphatic hydroxyl groups is 4. The van der Waals surface area contributed by atoms with Crippen LogP contribution in [0.5, 0.6) is 0 Å². The summed E-state index contributed by atoms with van der Waals surface area (Å²) in [6.45, 7) is 3.26. The predicted molar refractivity (Wildman–Crippen MR) is 219 cm³/mol. The summed E-state index contributed by atoms with van der Waals surface area (Å²) in [5, 5.41) is 40.0. The van der Waals surface area contributed by atoms with E-state index in [1.165, 1.54) is 38.5 Å². The van der Waals surface area contributed by atoms with E-state index in [0.29, 0.717) is 12.8 Å². The number of rotatable bonds is 33. The van der Waals surface area contributed by atoms with Crippen molar-refractivity contribution in [3.05, 3.63) is 72.9 Å². The Labute approximate surface area is 332 Å². The van der Waals surface area contributed by atoms with E-state index in [4.69, 9.17) is 18.9 Å². The molecule has 4 N–H and O–H groups in total. The quantitative estimate of drug-likeness (QED) is 0.0291. The molecule has 0 amide bonds. The molecule has 1 aliphatic heterocycles. The first kappa shape index (κ1) is 50.2. The van der Waals surface area contributed by atoms with E-state index in [-0.39, 0.29) is 26.1 Å². The lowest BCUT2D eigenvalue weighted by Crippen LogP contribution is -2.59. The molecule has 0 aromatic carbocycles. The summed E-state index contributed by atoms with van der Waals surface area (Å²) < 4.78 is 22.0. The molecule has 0 aromatic heterocycles. The molecule has 1 aliphatic rings. The van der Waals surface area contributed by atoms with Crippen LogP contribution in [0.1, 0.15) is 142 Å². The average Bonchev–Trinajstić information content (AvgIpc) is 3.18. The number of carbonyl (C=O) groups excluding carboxylic acids is 2. The zero-order valence-electron chi connectivity index (χ0n) is 33.9. The van der Waals surface area contributed by atoms with Gasteiger partial charge in [0.1, 0.15) is 31.0 Å². The fourth-order valence-electron chi connectivity index (χ4n) is 5.67. The topological polar surface area (TPSA) is 152 Å². The number of esters is 2. The van der Waals surface area contributed by atoms with Crippen LogP contribution in [0.2, 0.25) is 0 Å². The van der Waals surface area contributed by atoms with Gasteiger partial charge in [-0.3, -0.25) is 9.59 Å². The van der Waals surface area contributed by atoms with Crippen LogP contribution in [0.4, 0.5) is 0 Å². The zero-order chi connectivity index (χ0) is 40.2. The Bertz CT molecular complexity index is 1120. The van der Waals surface area contributed by atoms with Crippen molar-refractivity contribution in [2.24, 2.45) is 0 Å². The van der Waals surface area contributed by atoms with Crippen LogP contribution in [-0.4, -0.2) is 89.0 Å². The number of hydrogen-bond donors (Lipinski definition) is 4. The second kappa shape index (κ2) is 35.5. The minimum absolute atomic E-state index is 0.169. The maximum Gasteiger partial charge on any atom is 0.306 e. The van der Waals surface area contributed by atoms with Gasteiger partial charge in [0.25, 0.3) is 0 Å². The molecule has 1 rings (SSSR count). The number of aliphatic hydroxyl groups excluding tert-OH is 4. The molecular formula is C45H74O10. The Kier molecular flexibility index (Phi) is 32.4. The third-order valence-corrected chi connectivity index (χ3v) is 9.06. The fourth-order valence-corrected chi connectivity index (χ4v) is 5.67. The smallest absolute Gasteiger partial charge is 0.306 e. The third kappa shape index (κ3) is 27.4. The molecule has 1 saturated heterocycles. The van der Waals surface area contributed by atoms with E-state index in [1.54, 1.807) is 0 Å². The Morgan fingerprint density at radius 1 is 0.564 bits per heavy atom. The highest BCUT2D eigenvalue weighted by Gasteiger charge is 2.44. The van der Waals surface area contributed by atoms with Crippen molar-refractivity contribution < 1.29 is 49.0 Å². The summed E-state index contributed by atoms with van der Waals surface area (Å²) in [5.41, 5.74) is 0. The fraction of sp³-hybridized carbons (Fsp3) is 0.689. The summed E-state index contributed by atoms with van der Waals surface area (Å²) in [7, 11) is 0. The van der Waals surface area contributed by atoms with Crippen LogP contribution in [0.15, 0.2) is 72.9 Å². The van der Waals surface area contributed by atoms with E-state index in [0.717, 1.165) is 64.2 Å². The summed E-state index contributed by atoms with van der Waals surface area (Å²) in [5.74, 6) is -0.905. The van der Waals surface area contributed by atoms with Crippen molar-refractivity contribution >= 4 is 11.9 Å². The van der Waals surface area contributed by atoms with Crippen molar-refractivity contribution in [2.75, 3.05) is 19.8 Å². The van der Waals surface area contributed by atoms with Gasteiger partial charge in [-0.15, -0.1) is 0 Å². The molecule has 0 spiro atoms. The highest BCUT2D eigenvalue weighted by Crippen LogP contribution is 2.22. The van der Waals surface area contributed by atoms with Gasteiger partial charge in [-0.1, -0.05) is 112 Å². The Hall–Kier alpha value is -2.86. The molecule has 0 bridgehead atoms. The molecular weight excluding hydrogens is 700 g/mol. The summed E-state index contributed by atoms with van der Waals surface area (Å²) in [6, 6.07) is 0. The molecule has 1 heterocycles. The normalized spacial score (nSPS) is 21.3. The lowest BCUT2D eigenvalue weighted by atomic mass is 9.99. The molecule has 6 atom stereocenters. The predicted octanol–water partition coefficient (Wildman–Crippen LogP) is 8.44. The standard InChI is InChI=1S/C45H74O10/c1-3-5-7-9-11-13-15-17-19-21-23-25-27-29-31-33-40(47)52-36-38(37-53-45-44(51)43(50)42(49)39(35-46)55-45)54-41(48)34-32-30-28-26-24-22-20-18-16-14-12-10-8-6-4-2/h11-14,17-20,23-26,38-39,42-46,49-51H,3-10,15-16,21-22,27-37H2,1-2H3/b13-11+,14-12+,19-17+,20-18+,25-23+,26-24+/t38-,39-,42+,43?,44?,45-/m0/s1. The van der Waals surface area contributed by atoms with Gasteiger partial charge < -0.3 is 39.4 Å². The summed E-state index contributed by atoms with van der Waals surface area (Å²) in [6.07, 6.45) is 36.2. The first-order chi connectivity index (χ1) is 26.8. The Balaban J connectivity index is 2.44. The van der Waals surface area contributed by atoms with Crippen LogP contribution >= 0.6 is 0 Å². The maximum atomic E-state index is 12.7. The number of carbonyl (C=O) groups is 2. The van der Waals surface area contributed by atoms with Crippen molar-refractivity contribution in [2.45, 2.75) is 179 Å². The van der Waals surface area contributed by atoms with E-state index in [9.17, 15) is 30.0 Å². The number of allylic oxidation sites excluding steroid dienone is 12. The Morgan fingerprint density at radius 2 is 1.00 bits per heavy atom. The van der Waals surface area contributed by atoms with Crippen LogP contribution in [0.25, 0.3) is 0 Å². The van der Waals surface area contributed by atoms with E-state index in [1.807, 2.05) is 0 Å².